The maximum Gasteiger partial charge on any atom is 0.416 e. The molecule has 0 saturated carbocycles. The van der Waals surface area contributed by atoms with E-state index in [9.17, 15) is 22.8 Å². The van der Waals surface area contributed by atoms with Gasteiger partial charge in [0.1, 0.15) is 5.75 Å². The van der Waals surface area contributed by atoms with Crippen LogP contribution in [0.15, 0.2) is 78.2 Å². The molecular formula is C30H28F3N3O4S. The van der Waals surface area contributed by atoms with Crippen molar-refractivity contribution < 1.29 is 32.6 Å². The maximum atomic E-state index is 13.2. The average molecular weight is 584 g/mol. The molecule has 4 rings (SSSR count). The summed E-state index contributed by atoms with van der Waals surface area (Å²) in [6.45, 7) is 0.841. The molecule has 1 amide bonds. The normalized spacial score (nSPS) is 11.2. The highest BCUT2D eigenvalue weighted by molar-refractivity contribution is 7.14. The zero-order chi connectivity index (χ0) is 29.4. The molecule has 0 spiro atoms. The molecule has 0 atom stereocenters. The second kappa shape index (κ2) is 13.3. The molecule has 7 nitrogen and oxygen atoms in total. The summed E-state index contributed by atoms with van der Waals surface area (Å²) >= 11 is 1.43. The number of hydrogen-bond acceptors (Lipinski definition) is 6. The van der Waals surface area contributed by atoms with E-state index in [0.29, 0.717) is 41.5 Å². The average Bonchev–Trinajstić information content (AvgIpc) is 3.45. The van der Waals surface area contributed by atoms with Gasteiger partial charge in [-0.2, -0.15) is 13.2 Å². The number of halogens is 3. The predicted octanol–water partition coefficient (Wildman–Crippen LogP) is 6.29. The molecule has 0 radical (unpaired) electrons. The number of amides is 1. The largest absolute Gasteiger partial charge is 0.497 e. The van der Waals surface area contributed by atoms with E-state index in [1.165, 1.54) is 23.5 Å². The second-order valence-electron chi connectivity index (χ2n) is 9.21. The van der Waals surface area contributed by atoms with Gasteiger partial charge >= 0.3 is 12.1 Å². The van der Waals surface area contributed by atoms with Gasteiger partial charge in [-0.25, -0.2) is 4.98 Å². The molecule has 0 aliphatic rings. The van der Waals surface area contributed by atoms with Crippen LogP contribution in [0, 0.1) is 0 Å². The first-order chi connectivity index (χ1) is 19.6. The second-order valence-corrected chi connectivity index (χ2v) is 10.1. The minimum Gasteiger partial charge on any atom is -0.497 e. The molecule has 4 aromatic rings. The van der Waals surface area contributed by atoms with E-state index in [-0.39, 0.29) is 18.9 Å². The van der Waals surface area contributed by atoms with E-state index >= 15 is 0 Å². The van der Waals surface area contributed by atoms with Gasteiger partial charge in [0.2, 0.25) is 0 Å². The number of carboxylic acid groups (broad SMARTS) is 1. The number of nitrogens with one attached hydrogen (secondary N) is 1. The molecule has 214 valence electrons. The number of benzene rings is 3. The highest BCUT2D eigenvalue weighted by atomic mass is 32.1. The number of anilines is 1. The summed E-state index contributed by atoms with van der Waals surface area (Å²) in [6.07, 6.45) is -4.23. The Labute approximate surface area is 239 Å². The van der Waals surface area contributed by atoms with Crippen LogP contribution in [0.1, 0.15) is 33.5 Å². The van der Waals surface area contributed by atoms with Crippen LogP contribution in [0.4, 0.5) is 18.3 Å². The summed E-state index contributed by atoms with van der Waals surface area (Å²) in [4.78, 5) is 29.8. The highest BCUT2D eigenvalue weighted by Gasteiger charge is 2.30. The molecule has 0 unspecified atom stereocenters. The minimum absolute atomic E-state index is 0.0267. The van der Waals surface area contributed by atoms with Gasteiger partial charge in [0.15, 0.2) is 5.13 Å². The molecule has 0 saturated heterocycles. The quantitative estimate of drug-likeness (QED) is 0.204. The zero-order valence-electron chi connectivity index (χ0n) is 22.1. The van der Waals surface area contributed by atoms with Crippen LogP contribution < -0.4 is 15.0 Å². The summed E-state index contributed by atoms with van der Waals surface area (Å²) in [5.41, 5.74) is 2.76. The lowest BCUT2D eigenvalue weighted by Crippen LogP contribution is -2.26. The first-order valence-electron chi connectivity index (χ1n) is 12.7. The standard InChI is InChI=1S/C30H28F3N3O4S/c1-40-25-7-3-5-23(17-25)26-19-41-29(35-26)36(15-13-20-4-2-6-24(16-20)30(31,32)33)18-21-8-10-22(11-9-21)28(39)34-14-12-27(37)38/h2-11,16-17,19H,12-15,18H2,1H3,(H,34,39)(H,37,38). The molecule has 0 bridgehead atoms. The van der Waals surface area contributed by atoms with Crippen LogP contribution in [-0.2, 0) is 23.9 Å². The number of thiazole rings is 1. The van der Waals surface area contributed by atoms with Crippen molar-refractivity contribution in [1.29, 1.82) is 0 Å². The number of aliphatic carboxylic acids is 1. The van der Waals surface area contributed by atoms with Crippen LogP contribution in [0.5, 0.6) is 5.75 Å². The van der Waals surface area contributed by atoms with Crippen molar-refractivity contribution in [3.8, 4) is 17.0 Å². The molecule has 3 aromatic carbocycles. The molecule has 41 heavy (non-hydrogen) atoms. The minimum atomic E-state index is -4.42. The van der Waals surface area contributed by atoms with Crippen molar-refractivity contribution >= 4 is 28.3 Å². The third kappa shape index (κ3) is 8.31. The number of methoxy groups -OCH3 is 1. The van der Waals surface area contributed by atoms with Crippen LogP contribution in [0.2, 0.25) is 0 Å². The fourth-order valence-electron chi connectivity index (χ4n) is 4.10. The van der Waals surface area contributed by atoms with Crippen molar-refractivity contribution in [2.45, 2.75) is 25.6 Å². The number of carboxylic acids is 1. The smallest absolute Gasteiger partial charge is 0.416 e. The first kappa shape index (κ1) is 29.6. The van der Waals surface area contributed by atoms with Gasteiger partial charge in [0.05, 0.1) is 24.8 Å². The van der Waals surface area contributed by atoms with Gasteiger partial charge in [-0.15, -0.1) is 11.3 Å². The fraction of sp³-hybridized carbons (Fsp3) is 0.233. The lowest BCUT2D eigenvalue weighted by atomic mass is 10.1. The number of ether oxygens (including phenoxy) is 1. The Kier molecular flexibility index (Phi) is 9.61. The van der Waals surface area contributed by atoms with Crippen molar-refractivity contribution in [1.82, 2.24) is 10.3 Å². The third-order valence-corrected chi connectivity index (χ3v) is 7.17. The number of rotatable bonds is 12. The van der Waals surface area contributed by atoms with Crippen molar-refractivity contribution in [3.63, 3.8) is 0 Å². The number of carbonyl (C=O) groups is 2. The van der Waals surface area contributed by atoms with E-state index in [1.807, 2.05) is 34.5 Å². The lowest BCUT2D eigenvalue weighted by molar-refractivity contribution is -0.138. The van der Waals surface area contributed by atoms with Gasteiger partial charge in [-0.3, -0.25) is 9.59 Å². The van der Waals surface area contributed by atoms with Gasteiger partial charge in [-0.1, -0.05) is 42.5 Å². The Morgan fingerprint density at radius 2 is 1.78 bits per heavy atom. The van der Waals surface area contributed by atoms with Crippen LogP contribution in [-0.4, -0.2) is 42.2 Å². The summed E-state index contributed by atoms with van der Waals surface area (Å²) in [5.74, 6) is -0.671. The van der Waals surface area contributed by atoms with Crippen LogP contribution in [0.3, 0.4) is 0 Å². The molecule has 0 aliphatic heterocycles. The lowest BCUT2D eigenvalue weighted by Gasteiger charge is -2.22. The summed E-state index contributed by atoms with van der Waals surface area (Å²) in [6, 6.07) is 19.7. The van der Waals surface area contributed by atoms with E-state index in [2.05, 4.69) is 5.32 Å². The van der Waals surface area contributed by atoms with E-state index < -0.39 is 17.7 Å². The maximum absolute atomic E-state index is 13.2. The van der Waals surface area contributed by atoms with Gasteiger partial charge in [-0.05, 0) is 47.9 Å². The van der Waals surface area contributed by atoms with Crippen molar-refractivity contribution in [2.24, 2.45) is 0 Å². The highest BCUT2D eigenvalue weighted by Crippen LogP contribution is 2.32. The molecular weight excluding hydrogens is 555 g/mol. The Morgan fingerprint density at radius 3 is 2.49 bits per heavy atom. The van der Waals surface area contributed by atoms with E-state index in [0.717, 1.165) is 22.9 Å². The SMILES string of the molecule is COc1cccc(-c2csc(N(CCc3cccc(C(F)(F)F)c3)Cc3ccc(C(=O)NCCC(=O)O)cc3)n2)c1. The van der Waals surface area contributed by atoms with Gasteiger partial charge in [0, 0.05) is 36.1 Å². The number of carbonyl (C=O) groups excluding carboxylic acids is 1. The van der Waals surface area contributed by atoms with Crippen molar-refractivity contribution in [2.75, 3.05) is 25.1 Å². The zero-order valence-corrected chi connectivity index (χ0v) is 23.0. The Bertz CT molecular complexity index is 1490. The van der Waals surface area contributed by atoms with E-state index in [4.69, 9.17) is 14.8 Å². The van der Waals surface area contributed by atoms with Crippen LogP contribution >= 0.6 is 11.3 Å². The number of aromatic nitrogens is 1. The molecule has 1 aromatic heterocycles. The number of hydrogen-bond donors (Lipinski definition) is 2. The predicted molar refractivity (Wildman–Crippen MR) is 151 cm³/mol. The summed E-state index contributed by atoms with van der Waals surface area (Å²) in [7, 11) is 1.59. The number of nitrogens with zero attached hydrogens (tertiary/aromatic N) is 2. The topological polar surface area (TPSA) is 91.8 Å². The van der Waals surface area contributed by atoms with E-state index in [1.54, 1.807) is 37.4 Å². The molecule has 11 heteroatoms. The Hall–Kier alpha value is -4.38. The molecule has 1 heterocycles. The fourth-order valence-corrected chi connectivity index (χ4v) is 4.96. The summed E-state index contributed by atoms with van der Waals surface area (Å²) < 4.78 is 45.1. The summed E-state index contributed by atoms with van der Waals surface area (Å²) in [5, 5.41) is 13.9. The molecule has 0 aliphatic carbocycles. The van der Waals surface area contributed by atoms with Crippen LogP contribution in [0.25, 0.3) is 11.3 Å². The Balaban J connectivity index is 1.54. The molecule has 0 fully saturated rings. The molecule has 2 N–H and O–H groups in total. The van der Waals surface area contributed by atoms with Crippen molar-refractivity contribution in [3.05, 3.63) is 100 Å². The third-order valence-electron chi connectivity index (χ3n) is 6.27. The van der Waals surface area contributed by atoms with Gasteiger partial charge < -0.3 is 20.1 Å². The number of alkyl halides is 3. The monoisotopic (exact) mass is 583 g/mol. The Morgan fingerprint density at radius 1 is 1.02 bits per heavy atom. The van der Waals surface area contributed by atoms with Gasteiger partial charge in [0.25, 0.3) is 5.91 Å². The first-order valence-corrected chi connectivity index (χ1v) is 13.6.